The van der Waals surface area contributed by atoms with Gasteiger partial charge in [-0.05, 0) is 23.1 Å². The minimum Gasteiger partial charge on any atom is -0.340 e. The monoisotopic (exact) mass is 282 g/mol. The topological polar surface area (TPSA) is 34.8 Å². The van der Waals surface area contributed by atoms with Crippen LogP contribution in [-0.4, -0.2) is 20.2 Å². The van der Waals surface area contributed by atoms with Crippen LogP contribution < -0.4 is 5.32 Å². The quantitative estimate of drug-likeness (QED) is 0.781. The molecule has 3 aromatic rings. The lowest BCUT2D eigenvalue weighted by Crippen LogP contribution is -2.21. The van der Waals surface area contributed by atoms with Gasteiger partial charge in [-0.15, -0.1) is 0 Å². The third-order valence-corrected chi connectivity index (χ3v) is 3.79. The minimum absolute atomic E-state index is 0.500. The van der Waals surface area contributed by atoms with E-state index in [4.69, 9.17) is 0 Å². The molecule has 0 bridgehead atoms. The number of nitrogens with zero attached hydrogens (tertiary/aromatic N) is 3. The van der Waals surface area contributed by atoms with Gasteiger partial charge < -0.3 is 14.5 Å². The second kappa shape index (κ2) is 5.74. The maximum absolute atomic E-state index is 4.41. The summed E-state index contributed by atoms with van der Waals surface area (Å²) in [5.41, 5.74) is 2.58. The van der Waals surface area contributed by atoms with Gasteiger partial charge in [-0.3, -0.25) is 0 Å². The van der Waals surface area contributed by atoms with Crippen molar-refractivity contribution >= 4 is 10.9 Å². The van der Waals surface area contributed by atoms with E-state index in [0.29, 0.717) is 6.04 Å². The second-order valence-corrected chi connectivity index (χ2v) is 5.83. The van der Waals surface area contributed by atoms with Crippen molar-refractivity contribution in [2.45, 2.75) is 33.0 Å². The molecule has 1 N–H and O–H groups in total. The summed E-state index contributed by atoms with van der Waals surface area (Å²) in [6.45, 7) is 6.04. The maximum atomic E-state index is 4.41. The van der Waals surface area contributed by atoms with E-state index in [9.17, 15) is 0 Å². The van der Waals surface area contributed by atoms with Gasteiger partial charge in [0.15, 0.2) is 0 Å². The van der Waals surface area contributed by atoms with Crippen molar-refractivity contribution in [1.82, 2.24) is 19.4 Å². The van der Waals surface area contributed by atoms with Gasteiger partial charge in [-0.2, -0.15) is 0 Å². The van der Waals surface area contributed by atoms with E-state index in [2.05, 4.69) is 63.7 Å². The van der Waals surface area contributed by atoms with Crippen LogP contribution in [-0.2, 0) is 20.1 Å². The van der Waals surface area contributed by atoms with Gasteiger partial charge in [-0.1, -0.05) is 26.0 Å². The van der Waals surface area contributed by atoms with Gasteiger partial charge in [0, 0.05) is 43.7 Å². The van der Waals surface area contributed by atoms with Gasteiger partial charge in [-0.25, -0.2) is 4.98 Å². The zero-order valence-corrected chi connectivity index (χ0v) is 12.9. The summed E-state index contributed by atoms with van der Waals surface area (Å²) < 4.78 is 4.33. The van der Waals surface area contributed by atoms with E-state index in [0.717, 1.165) is 18.9 Å². The smallest absolute Gasteiger partial charge is 0.128 e. The molecule has 4 heteroatoms. The number of nitrogens with one attached hydrogen (secondary N) is 1. The van der Waals surface area contributed by atoms with Crippen molar-refractivity contribution in [2.24, 2.45) is 7.05 Å². The molecule has 2 aromatic heterocycles. The molecule has 21 heavy (non-hydrogen) atoms. The molecule has 0 fully saturated rings. The van der Waals surface area contributed by atoms with Crippen LogP contribution in [0.1, 0.15) is 25.2 Å². The third-order valence-electron chi connectivity index (χ3n) is 3.79. The first-order chi connectivity index (χ1) is 10.1. The van der Waals surface area contributed by atoms with Crippen LogP contribution in [0.3, 0.4) is 0 Å². The number of imidazole rings is 1. The molecule has 0 aliphatic rings. The summed E-state index contributed by atoms with van der Waals surface area (Å²) in [6.07, 6.45) is 5.97. The van der Waals surface area contributed by atoms with Crippen LogP contribution in [0.5, 0.6) is 0 Å². The second-order valence-electron chi connectivity index (χ2n) is 5.83. The average molecular weight is 282 g/mol. The van der Waals surface area contributed by atoms with Crippen molar-refractivity contribution in [1.29, 1.82) is 0 Å². The van der Waals surface area contributed by atoms with E-state index in [1.165, 1.54) is 16.5 Å². The molecule has 3 rings (SSSR count). The van der Waals surface area contributed by atoms with E-state index < -0.39 is 0 Å². The molecule has 0 aliphatic carbocycles. The lowest BCUT2D eigenvalue weighted by atomic mass is 10.1. The highest BCUT2D eigenvalue weighted by atomic mass is 15.1. The highest BCUT2D eigenvalue weighted by Crippen LogP contribution is 2.19. The van der Waals surface area contributed by atoms with E-state index in [1.54, 1.807) is 0 Å². The Balaban J connectivity index is 1.89. The van der Waals surface area contributed by atoms with Gasteiger partial charge in [0.25, 0.3) is 0 Å². The lowest BCUT2D eigenvalue weighted by Gasteiger charge is -2.10. The molecule has 1 aromatic carbocycles. The summed E-state index contributed by atoms with van der Waals surface area (Å²) in [5, 5.41) is 4.74. The Bertz CT molecular complexity index is 736. The summed E-state index contributed by atoms with van der Waals surface area (Å²) in [6, 6.07) is 9.33. The Morgan fingerprint density at radius 1 is 1.19 bits per heavy atom. The third kappa shape index (κ3) is 3.00. The molecule has 0 saturated carbocycles. The molecule has 0 spiro atoms. The molecule has 110 valence electrons. The van der Waals surface area contributed by atoms with Crippen molar-refractivity contribution in [3.63, 3.8) is 0 Å². The van der Waals surface area contributed by atoms with Crippen molar-refractivity contribution < 1.29 is 0 Å². The van der Waals surface area contributed by atoms with Crippen LogP contribution in [0, 0.1) is 0 Å². The fourth-order valence-corrected chi connectivity index (χ4v) is 2.50. The summed E-state index contributed by atoms with van der Waals surface area (Å²) >= 11 is 0. The normalized spacial score (nSPS) is 11.6. The van der Waals surface area contributed by atoms with Crippen molar-refractivity contribution in [3.05, 3.63) is 54.2 Å². The fraction of sp³-hybridized carbons (Fsp3) is 0.353. The maximum Gasteiger partial charge on any atom is 0.128 e. The first-order valence-electron chi connectivity index (χ1n) is 7.41. The van der Waals surface area contributed by atoms with Crippen molar-refractivity contribution in [3.8, 4) is 0 Å². The van der Waals surface area contributed by atoms with Crippen molar-refractivity contribution in [2.75, 3.05) is 0 Å². The first kappa shape index (κ1) is 13.9. The van der Waals surface area contributed by atoms with E-state index in [-0.39, 0.29) is 0 Å². The minimum atomic E-state index is 0.500. The zero-order valence-electron chi connectivity index (χ0n) is 12.9. The van der Waals surface area contributed by atoms with Gasteiger partial charge in [0.1, 0.15) is 5.82 Å². The van der Waals surface area contributed by atoms with Gasteiger partial charge >= 0.3 is 0 Å². The molecular weight excluding hydrogens is 260 g/mol. The zero-order chi connectivity index (χ0) is 14.8. The van der Waals surface area contributed by atoms with Crippen LogP contribution >= 0.6 is 0 Å². The highest BCUT2D eigenvalue weighted by Gasteiger charge is 2.06. The van der Waals surface area contributed by atoms with Gasteiger partial charge in [0.2, 0.25) is 0 Å². The number of aromatic nitrogens is 3. The summed E-state index contributed by atoms with van der Waals surface area (Å²) in [4.78, 5) is 4.41. The molecule has 0 amide bonds. The summed E-state index contributed by atoms with van der Waals surface area (Å²) in [5.74, 6) is 1.07. The Labute approximate surface area is 125 Å². The number of rotatable bonds is 5. The van der Waals surface area contributed by atoms with Gasteiger partial charge in [0.05, 0.1) is 6.54 Å². The van der Waals surface area contributed by atoms with Crippen LogP contribution in [0.15, 0.2) is 42.9 Å². The Kier molecular flexibility index (Phi) is 3.80. The van der Waals surface area contributed by atoms with E-state index in [1.807, 2.05) is 19.4 Å². The highest BCUT2D eigenvalue weighted by molar-refractivity contribution is 5.80. The average Bonchev–Trinajstić information content (AvgIpc) is 3.04. The predicted octanol–water partition coefficient (Wildman–Crippen LogP) is 2.92. The first-order valence-corrected chi connectivity index (χ1v) is 7.41. The lowest BCUT2D eigenvalue weighted by molar-refractivity contribution is 0.589. The molecule has 2 heterocycles. The molecule has 0 saturated heterocycles. The number of aryl methyl sites for hydroxylation is 1. The molecule has 0 aliphatic heterocycles. The largest absolute Gasteiger partial charge is 0.340 e. The number of hydrogen-bond donors (Lipinski definition) is 1. The van der Waals surface area contributed by atoms with Crippen LogP contribution in [0.2, 0.25) is 0 Å². The molecule has 0 unspecified atom stereocenters. The number of hydrogen-bond acceptors (Lipinski definition) is 2. The number of benzene rings is 1. The Morgan fingerprint density at radius 2 is 2.05 bits per heavy atom. The summed E-state index contributed by atoms with van der Waals surface area (Å²) in [7, 11) is 2.03. The number of fused-ring (bicyclic) bond motifs is 1. The standard InChI is InChI=1S/C17H22N4/c1-13(2)19-11-14-4-5-15-6-8-21(16(15)10-14)12-17-18-7-9-20(17)3/h4-10,13,19H,11-12H2,1-3H3. The SMILES string of the molecule is CC(C)NCc1ccc2ccn(Cc3nccn3C)c2c1. The fourth-order valence-electron chi connectivity index (χ4n) is 2.50. The Morgan fingerprint density at radius 3 is 2.76 bits per heavy atom. The molecule has 0 radical (unpaired) electrons. The molecular formula is C17H22N4. The van der Waals surface area contributed by atoms with Crippen LogP contribution in [0.25, 0.3) is 10.9 Å². The van der Waals surface area contributed by atoms with Crippen LogP contribution in [0.4, 0.5) is 0 Å². The predicted molar refractivity (Wildman–Crippen MR) is 86.2 cm³/mol. The Hall–Kier alpha value is -2.07. The molecule has 4 nitrogen and oxygen atoms in total. The molecule has 0 atom stereocenters. The van der Waals surface area contributed by atoms with E-state index >= 15 is 0 Å².